The molecule has 0 spiro atoms. The molecule has 6 heteroatoms. The van der Waals surface area contributed by atoms with E-state index in [1.807, 2.05) is 6.92 Å². The van der Waals surface area contributed by atoms with Crippen LogP contribution in [0.5, 0.6) is 0 Å². The van der Waals surface area contributed by atoms with E-state index in [0.29, 0.717) is 12.1 Å². The molecule has 1 amide bonds. The van der Waals surface area contributed by atoms with Gasteiger partial charge in [-0.2, -0.15) is 0 Å². The Kier molecular flexibility index (Phi) is 5.20. The first-order valence-corrected chi connectivity index (χ1v) is 6.94. The van der Waals surface area contributed by atoms with E-state index in [9.17, 15) is 4.79 Å². The molecule has 110 valence electrons. The quantitative estimate of drug-likeness (QED) is 0.847. The number of nitrogens with zero attached hydrogens (tertiary/aromatic N) is 3. The number of aromatic nitrogens is 3. The van der Waals surface area contributed by atoms with Crippen LogP contribution >= 0.6 is 0 Å². The first-order chi connectivity index (χ1) is 10.2. The van der Waals surface area contributed by atoms with E-state index in [2.05, 4.69) is 32.5 Å². The lowest BCUT2D eigenvalue weighted by Gasteiger charge is -2.06. The van der Waals surface area contributed by atoms with Gasteiger partial charge in [-0.25, -0.2) is 4.98 Å². The number of carbonyl (C=O) groups is 1. The Morgan fingerprint density at radius 3 is 2.62 bits per heavy atom. The molecule has 0 bridgehead atoms. The van der Waals surface area contributed by atoms with Crippen LogP contribution < -0.4 is 10.6 Å². The van der Waals surface area contributed by atoms with Gasteiger partial charge in [0.05, 0.1) is 29.7 Å². The van der Waals surface area contributed by atoms with Crippen LogP contribution in [0.25, 0.3) is 0 Å². The van der Waals surface area contributed by atoms with Crippen molar-refractivity contribution in [2.45, 2.75) is 26.8 Å². The first-order valence-electron chi connectivity index (χ1n) is 6.94. The average Bonchev–Trinajstić information content (AvgIpc) is 2.52. The van der Waals surface area contributed by atoms with Gasteiger partial charge in [0, 0.05) is 18.9 Å². The van der Waals surface area contributed by atoms with Gasteiger partial charge < -0.3 is 10.6 Å². The lowest BCUT2D eigenvalue weighted by Crippen LogP contribution is -2.23. The third kappa shape index (κ3) is 4.52. The summed E-state index contributed by atoms with van der Waals surface area (Å²) in [6, 6.07) is 3.55. The smallest absolute Gasteiger partial charge is 0.253 e. The number of rotatable bonds is 6. The zero-order chi connectivity index (χ0) is 15.1. The topological polar surface area (TPSA) is 79.8 Å². The van der Waals surface area contributed by atoms with Crippen molar-refractivity contribution < 1.29 is 4.79 Å². The van der Waals surface area contributed by atoms with Crippen LogP contribution in [0.15, 0.2) is 30.7 Å². The molecule has 0 aromatic carbocycles. The molecule has 2 rings (SSSR count). The number of anilines is 1. The maximum Gasteiger partial charge on any atom is 0.253 e. The fourth-order valence-corrected chi connectivity index (χ4v) is 1.67. The Hall–Kier alpha value is -2.50. The molecule has 2 N–H and O–H groups in total. The number of pyridine rings is 1. The van der Waals surface area contributed by atoms with Gasteiger partial charge in [0.2, 0.25) is 0 Å². The van der Waals surface area contributed by atoms with E-state index >= 15 is 0 Å². The first kappa shape index (κ1) is 14.9. The predicted molar refractivity (Wildman–Crippen MR) is 81.0 cm³/mol. The molecule has 0 atom stereocenters. The van der Waals surface area contributed by atoms with Crippen molar-refractivity contribution in [3.8, 4) is 0 Å². The van der Waals surface area contributed by atoms with Crippen LogP contribution in [-0.4, -0.2) is 27.4 Å². The number of hydrogen-bond acceptors (Lipinski definition) is 5. The average molecular weight is 285 g/mol. The molecule has 0 aliphatic rings. The monoisotopic (exact) mass is 285 g/mol. The molecular weight excluding hydrogens is 266 g/mol. The molecule has 2 aromatic heterocycles. The molecule has 0 saturated heterocycles. The molecule has 0 aliphatic heterocycles. The molecule has 0 aliphatic carbocycles. The summed E-state index contributed by atoms with van der Waals surface area (Å²) in [6.07, 6.45) is 5.93. The fraction of sp³-hybridized carbons (Fsp3) is 0.333. The minimum absolute atomic E-state index is 0.174. The minimum atomic E-state index is -0.174. The van der Waals surface area contributed by atoms with Crippen LogP contribution in [-0.2, 0) is 6.54 Å². The maximum absolute atomic E-state index is 12.0. The van der Waals surface area contributed by atoms with Crippen molar-refractivity contribution in [1.29, 1.82) is 0 Å². The molecule has 6 nitrogen and oxygen atoms in total. The molecule has 2 heterocycles. The van der Waals surface area contributed by atoms with Crippen molar-refractivity contribution in [3.63, 3.8) is 0 Å². The summed E-state index contributed by atoms with van der Waals surface area (Å²) in [6.45, 7) is 5.17. The Labute approximate surface area is 124 Å². The van der Waals surface area contributed by atoms with Crippen molar-refractivity contribution in [3.05, 3.63) is 47.7 Å². The van der Waals surface area contributed by atoms with Gasteiger partial charge >= 0.3 is 0 Å². The zero-order valence-corrected chi connectivity index (χ0v) is 12.3. The second kappa shape index (κ2) is 7.33. The number of carbonyl (C=O) groups excluding carboxylic acids is 1. The molecule has 21 heavy (non-hydrogen) atoms. The van der Waals surface area contributed by atoms with E-state index in [1.165, 1.54) is 0 Å². The highest BCUT2D eigenvalue weighted by atomic mass is 16.1. The van der Waals surface area contributed by atoms with E-state index < -0.39 is 0 Å². The lowest BCUT2D eigenvalue weighted by atomic mass is 10.2. The van der Waals surface area contributed by atoms with Crippen molar-refractivity contribution in [2.24, 2.45) is 0 Å². The van der Waals surface area contributed by atoms with Gasteiger partial charge in [-0.05, 0) is 25.5 Å². The third-order valence-electron chi connectivity index (χ3n) is 2.85. The standard InChI is InChI=1S/C15H19N5O/c1-3-6-16-14-5-4-12(8-19-14)15(21)20-10-13-9-17-11(2)7-18-13/h4-5,7-9H,3,6,10H2,1-2H3,(H,16,19)(H,20,21). The van der Waals surface area contributed by atoms with Gasteiger partial charge in [0.25, 0.3) is 5.91 Å². The van der Waals surface area contributed by atoms with Crippen LogP contribution in [0.3, 0.4) is 0 Å². The second-order valence-corrected chi connectivity index (χ2v) is 4.69. The van der Waals surface area contributed by atoms with Crippen molar-refractivity contribution in [1.82, 2.24) is 20.3 Å². The molecule has 0 fully saturated rings. The number of amides is 1. The van der Waals surface area contributed by atoms with Crippen molar-refractivity contribution in [2.75, 3.05) is 11.9 Å². The number of nitrogens with one attached hydrogen (secondary N) is 2. The summed E-state index contributed by atoms with van der Waals surface area (Å²) in [7, 11) is 0. The Bertz CT molecular complexity index is 580. The van der Waals surface area contributed by atoms with Crippen LogP contribution in [0, 0.1) is 6.92 Å². The Morgan fingerprint density at radius 2 is 2.00 bits per heavy atom. The minimum Gasteiger partial charge on any atom is -0.370 e. The highest BCUT2D eigenvalue weighted by molar-refractivity contribution is 5.93. The maximum atomic E-state index is 12.0. The molecule has 2 aromatic rings. The van der Waals surface area contributed by atoms with Crippen LogP contribution in [0.2, 0.25) is 0 Å². The summed E-state index contributed by atoms with van der Waals surface area (Å²) < 4.78 is 0. The predicted octanol–water partition coefficient (Wildman–Crippen LogP) is 1.93. The summed E-state index contributed by atoms with van der Waals surface area (Å²) in [5, 5.41) is 5.96. The van der Waals surface area contributed by atoms with Gasteiger partial charge in [0.1, 0.15) is 5.82 Å². The normalized spacial score (nSPS) is 10.2. The zero-order valence-electron chi connectivity index (χ0n) is 12.3. The van der Waals surface area contributed by atoms with E-state index in [-0.39, 0.29) is 5.91 Å². The van der Waals surface area contributed by atoms with Gasteiger partial charge in [-0.3, -0.25) is 14.8 Å². The number of hydrogen-bond donors (Lipinski definition) is 2. The van der Waals surface area contributed by atoms with Gasteiger partial charge in [-0.15, -0.1) is 0 Å². The Morgan fingerprint density at radius 1 is 1.14 bits per heavy atom. The summed E-state index contributed by atoms with van der Waals surface area (Å²) in [5.41, 5.74) is 2.10. The summed E-state index contributed by atoms with van der Waals surface area (Å²) in [4.78, 5) is 24.5. The fourth-order valence-electron chi connectivity index (χ4n) is 1.67. The molecule has 0 radical (unpaired) electrons. The van der Waals surface area contributed by atoms with Crippen LogP contribution in [0.1, 0.15) is 35.1 Å². The van der Waals surface area contributed by atoms with Gasteiger partial charge in [0.15, 0.2) is 0 Å². The van der Waals surface area contributed by atoms with Gasteiger partial charge in [-0.1, -0.05) is 6.92 Å². The SMILES string of the molecule is CCCNc1ccc(C(=O)NCc2cnc(C)cn2)cn1. The molecule has 0 saturated carbocycles. The third-order valence-corrected chi connectivity index (χ3v) is 2.85. The molecule has 0 unspecified atom stereocenters. The molecular formula is C15H19N5O. The summed E-state index contributed by atoms with van der Waals surface area (Å²) >= 11 is 0. The van der Waals surface area contributed by atoms with E-state index in [4.69, 9.17) is 0 Å². The second-order valence-electron chi connectivity index (χ2n) is 4.69. The lowest BCUT2D eigenvalue weighted by molar-refractivity contribution is 0.0950. The Balaban J connectivity index is 1.89. The van der Waals surface area contributed by atoms with E-state index in [0.717, 1.165) is 30.2 Å². The van der Waals surface area contributed by atoms with Crippen LogP contribution in [0.4, 0.5) is 5.82 Å². The summed E-state index contributed by atoms with van der Waals surface area (Å²) in [5.74, 6) is 0.602. The number of aryl methyl sites for hydroxylation is 1. The largest absolute Gasteiger partial charge is 0.370 e. The van der Waals surface area contributed by atoms with Crippen molar-refractivity contribution >= 4 is 11.7 Å². The van der Waals surface area contributed by atoms with E-state index in [1.54, 1.807) is 30.7 Å². The highest BCUT2D eigenvalue weighted by Crippen LogP contribution is 2.05. The highest BCUT2D eigenvalue weighted by Gasteiger charge is 2.06.